The lowest BCUT2D eigenvalue weighted by Crippen LogP contribution is -2.43. The Hall–Kier alpha value is -0.120. The Morgan fingerprint density at radius 2 is 1.80 bits per heavy atom. The van der Waals surface area contributed by atoms with E-state index in [0.29, 0.717) is 11.5 Å². The van der Waals surface area contributed by atoms with E-state index >= 15 is 0 Å². The molecule has 3 nitrogen and oxygen atoms in total. The van der Waals surface area contributed by atoms with Gasteiger partial charge in [0.2, 0.25) is 0 Å². The van der Waals surface area contributed by atoms with Gasteiger partial charge in [-0.1, -0.05) is 27.7 Å². The average molecular weight is 284 g/mol. The van der Waals surface area contributed by atoms with Gasteiger partial charge in [0.25, 0.3) is 0 Å². The second-order valence-electron chi connectivity index (χ2n) is 7.51. The second kappa shape index (κ2) is 9.01. The van der Waals surface area contributed by atoms with Crippen molar-refractivity contribution in [2.45, 2.75) is 59.4 Å². The molecule has 1 unspecified atom stereocenters. The molecule has 0 aromatic rings. The van der Waals surface area contributed by atoms with Gasteiger partial charge in [-0.3, -0.25) is 0 Å². The van der Waals surface area contributed by atoms with Crippen LogP contribution in [-0.4, -0.2) is 62.2 Å². The summed E-state index contributed by atoms with van der Waals surface area (Å²) in [5.74, 6) is 0. The van der Waals surface area contributed by atoms with Gasteiger partial charge in [-0.2, -0.15) is 0 Å². The van der Waals surface area contributed by atoms with Crippen LogP contribution < -0.4 is 5.32 Å². The van der Waals surface area contributed by atoms with Crippen LogP contribution in [0.1, 0.15) is 53.4 Å². The van der Waals surface area contributed by atoms with Crippen LogP contribution >= 0.6 is 0 Å². The number of likely N-dealkylation sites (N-methyl/N-ethyl adjacent to an activating group) is 1. The highest BCUT2D eigenvalue weighted by molar-refractivity contribution is 4.81. The van der Waals surface area contributed by atoms with Crippen molar-refractivity contribution in [1.29, 1.82) is 0 Å². The minimum atomic E-state index is 0.352. The lowest BCUT2D eigenvalue weighted by Gasteiger charge is -2.33. The molecule has 20 heavy (non-hydrogen) atoms. The van der Waals surface area contributed by atoms with Crippen molar-refractivity contribution in [3.8, 4) is 0 Å². The molecule has 0 aromatic heterocycles. The Balaban J connectivity index is 2.22. The van der Waals surface area contributed by atoms with E-state index < -0.39 is 0 Å². The van der Waals surface area contributed by atoms with Gasteiger partial charge in [0.1, 0.15) is 0 Å². The first-order chi connectivity index (χ1) is 9.43. The van der Waals surface area contributed by atoms with Gasteiger partial charge in [-0.05, 0) is 64.3 Å². The van der Waals surface area contributed by atoms with Crippen LogP contribution in [0.3, 0.4) is 0 Å². The van der Waals surface area contributed by atoms with Crippen molar-refractivity contribution >= 4 is 0 Å². The zero-order valence-corrected chi connectivity index (χ0v) is 14.5. The number of hydrogen-bond acceptors (Lipinski definition) is 3. The van der Waals surface area contributed by atoms with E-state index in [-0.39, 0.29) is 0 Å². The maximum atomic E-state index is 3.72. The van der Waals surface area contributed by atoms with E-state index in [1.165, 1.54) is 58.4 Å². The molecule has 1 atom stereocenters. The van der Waals surface area contributed by atoms with Crippen LogP contribution in [0.5, 0.6) is 0 Å². The largest absolute Gasteiger partial charge is 0.313 e. The highest BCUT2D eigenvalue weighted by Gasteiger charge is 2.23. The molecule has 1 fully saturated rings. The molecule has 1 heterocycles. The van der Waals surface area contributed by atoms with E-state index in [4.69, 9.17) is 0 Å². The summed E-state index contributed by atoms with van der Waals surface area (Å²) in [5, 5.41) is 3.72. The fourth-order valence-corrected chi connectivity index (χ4v) is 2.94. The van der Waals surface area contributed by atoms with Crippen LogP contribution in [0, 0.1) is 5.41 Å². The summed E-state index contributed by atoms with van der Waals surface area (Å²) in [6.07, 6.45) is 5.27. The minimum Gasteiger partial charge on any atom is -0.313 e. The third-order valence-electron chi connectivity index (χ3n) is 4.48. The minimum absolute atomic E-state index is 0.352. The number of hydrogen-bond donors (Lipinski definition) is 1. The van der Waals surface area contributed by atoms with Gasteiger partial charge < -0.3 is 15.1 Å². The molecule has 0 aliphatic carbocycles. The first-order valence-corrected chi connectivity index (χ1v) is 8.57. The molecule has 3 heteroatoms. The number of likely N-dealkylation sites (tertiary alicyclic amines) is 1. The molecule has 0 spiro atoms. The number of nitrogens with one attached hydrogen (secondary N) is 1. The third kappa shape index (κ3) is 7.05. The normalized spacial score (nSPS) is 18.9. The predicted molar refractivity (Wildman–Crippen MR) is 89.3 cm³/mol. The fraction of sp³-hybridized carbons (Fsp3) is 1.00. The quantitative estimate of drug-likeness (QED) is 0.702. The van der Waals surface area contributed by atoms with Gasteiger partial charge in [-0.15, -0.1) is 0 Å². The summed E-state index contributed by atoms with van der Waals surface area (Å²) in [4.78, 5) is 5.11. The van der Waals surface area contributed by atoms with Crippen molar-refractivity contribution < 1.29 is 0 Å². The zero-order valence-electron chi connectivity index (χ0n) is 14.5. The molecule has 0 radical (unpaired) electrons. The molecule has 0 saturated carbocycles. The molecular formula is C17H37N3. The Morgan fingerprint density at radius 1 is 1.15 bits per heavy atom. The Morgan fingerprint density at radius 3 is 2.35 bits per heavy atom. The molecule has 0 bridgehead atoms. The summed E-state index contributed by atoms with van der Waals surface area (Å²) >= 11 is 0. The maximum Gasteiger partial charge on any atom is 0.0128 e. The lowest BCUT2D eigenvalue weighted by atomic mass is 9.84. The van der Waals surface area contributed by atoms with Crippen molar-refractivity contribution in [1.82, 2.24) is 15.1 Å². The summed E-state index contributed by atoms with van der Waals surface area (Å²) in [5.41, 5.74) is 0.352. The second-order valence-corrected chi connectivity index (χ2v) is 7.51. The van der Waals surface area contributed by atoms with Gasteiger partial charge in [0.15, 0.2) is 0 Å². The van der Waals surface area contributed by atoms with Crippen LogP contribution in [0.15, 0.2) is 0 Å². The van der Waals surface area contributed by atoms with E-state index in [1.807, 2.05) is 0 Å². The highest BCUT2D eigenvalue weighted by atomic mass is 15.2. The molecule has 1 aliphatic rings. The number of nitrogens with zero attached hydrogens (tertiary/aromatic N) is 2. The SMILES string of the molecule is CCCNC(CCN(C)CCN1CCCC1)C(C)(C)C. The lowest BCUT2D eigenvalue weighted by molar-refractivity contribution is 0.207. The molecular weight excluding hydrogens is 246 g/mol. The van der Waals surface area contributed by atoms with Gasteiger partial charge in [0, 0.05) is 19.1 Å². The molecule has 1 rings (SSSR count). The Kier molecular flexibility index (Phi) is 8.08. The summed E-state index contributed by atoms with van der Waals surface area (Å²) in [7, 11) is 2.27. The molecule has 120 valence electrons. The highest BCUT2D eigenvalue weighted by Crippen LogP contribution is 2.22. The van der Waals surface area contributed by atoms with E-state index in [1.54, 1.807) is 0 Å². The average Bonchev–Trinajstić information content (AvgIpc) is 2.88. The zero-order chi connectivity index (χ0) is 15.0. The van der Waals surface area contributed by atoms with E-state index in [9.17, 15) is 0 Å². The van der Waals surface area contributed by atoms with Crippen molar-refractivity contribution in [3.05, 3.63) is 0 Å². The van der Waals surface area contributed by atoms with E-state index in [0.717, 1.165) is 6.54 Å². The molecule has 1 saturated heterocycles. The predicted octanol–water partition coefficient (Wildman–Crippen LogP) is 2.82. The van der Waals surface area contributed by atoms with Crippen LogP contribution in [0.2, 0.25) is 0 Å². The standard InChI is InChI=1S/C17H37N3/c1-6-10-18-16(17(2,3)4)9-13-19(5)14-15-20-11-7-8-12-20/h16,18H,6-15H2,1-5H3. The van der Waals surface area contributed by atoms with E-state index in [2.05, 4.69) is 49.9 Å². The van der Waals surface area contributed by atoms with Crippen molar-refractivity contribution in [2.24, 2.45) is 5.41 Å². The maximum absolute atomic E-state index is 3.72. The molecule has 1 N–H and O–H groups in total. The van der Waals surface area contributed by atoms with Gasteiger partial charge in [-0.25, -0.2) is 0 Å². The van der Waals surface area contributed by atoms with Crippen LogP contribution in [0.25, 0.3) is 0 Å². The topological polar surface area (TPSA) is 18.5 Å². The smallest absolute Gasteiger partial charge is 0.0128 e. The molecule has 0 aromatic carbocycles. The summed E-state index contributed by atoms with van der Waals surface area (Å²) in [6, 6.07) is 0.622. The third-order valence-corrected chi connectivity index (χ3v) is 4.48. The first kappa shape index (κ1) is 17.9. The van der Waals surface area contributed by atoms with Crippen molar-refractivity contribution in [2.75, 3.05) is 46.3 Å². The van der Waals surface area contributed by atoms with Gasteiger partial charge >= 0.3 is 0 Å². The summed E-state index contributed by atoms with van der Waals surface area (Å²) in [6.45, 7) is 16.7. The Labute approximate surface area is 127 Å². The first-order valence-electron chi connectivity index (χ1n) is 8.57. The Bertz CT molecular complexity index is 241. The monoisotopic (exact) mass is 283 g/mol. The molecule has 0 amide bonds. The summed E-state index contributed by atoms with van der Waals surface area (Å²) < 4.78 is 0. The van der Waals surface area contributed by atoms with Crippen LogP contribution in [0.4, 0.5) is 0 Å². The molecule has 1 aliphatic heterocycles. The number of rotatable bonds is 9. The van der Waals surface area contributed by atoms with Gasteiger partial charge in [0.05, 0.1) is 0 Å². The van der Waals surface area contributed by atoms with Crippen molar-refractivity contribution in [3.63, 3.8) is 0 Å². The van der Waals surface area contributed by atoms with Crippen LogP contribution in [-0.2, 0) is 0 Å². The fourth-order valence-electron chi connectivity index (χ4n) is 2.94.